The summed E-state index contributed by atoms with van der Waals surface area (Å²) in [5, 5.41) is 20.7. The van der Waals surface area contributed by atoms with Crippen molar-refractivity contribution in [1.29, 1.82) is 5.26 Å². The van der Waals surface area contributed by atoms with E-state index >= 15 is 0 Å². The molecule has 1 aromatic heterocycles. The number of morpholine rings is 1. The van der Waals surface area contributed by atoms with Crippen LogP contribution < -0.4 is 5.32 Å². The molecule has 0 bridgehead atoms. The molecular weight excluding hydrogens is 254 g/mol. The summed E-state index contributed by atoms with van der Waals surface area (Å²) < 4.78 is 5.35. The van der Waals surface area contributed by atoms with E-state index in [2.05, 4.69) is 33.4 Å². The van der Waals surface area contributed by atoms with Crippen molar-refractivity contribution in [3.8, 4) is 6.07 Å². The number of aromatic nitrogens is 2. The van der Waals surface area contributed by atoms with Gasteiger partial charge in [0, 0.05) is 25.7 Å². The first-order valence-electron chi connectivity index (χ1n) is 6.93. The molecule has 0 aromatic carbocycles. The van der Waals surface area contributed by atoms with Crippen molar-refractivity contribution < 1.29 is 4.74 Å². The molecule has 1 aromatic rings. The average molecular weight is 275 g/mol. The standard InChI is InChI=1S/C14H21N5O/c1-10(19-4-6-20-7-5-19)9-16-14-13(8-15)11(2)12(3)17-18-14/h10H,4-7,9H2,1-3H3,(H,16,18). The Morgan fingerprint density at radius 3 is 2.70 bits per heavy atom. The maximum atomic E-state index is 9.25. The van der Waals surface area contributed by atoms with E-state index in [1.54, 1.807) is 0 Å². The van der Waals surface area contributed by atoms with Crippen LogP contribution in [0.1, 0.15) is 23.7 Å². The lowest BCUT2D eigenvalue weighted by molar-refractivity contribution is 0.0227. The van der Waals surface area contributed by atoms with Crippen LogP contribution in [-0.4, -0.2) is 54.0 Å². The summed E-state index contributed by atoms with van der Waals surface area (Å²) >= 11 is 0. The third kappa shape index (κ3) is 3.24. The van der Waals surface area contributed by atoms with Gasteiger partial charge in [-0.2, -0.15) is 10.4 Å². The minimum atomic E-state index is 0.369. The Labute approximate surface area is 119 Å². The summed E-state index contributed by atoms with van der Waals surface area (Å²) in [7, 11) is 0. The third-order valence-corrected chi connectivity index (χ3v) is 3.80. The number of hydrogen-bond acceptors (Lipinski definition) is 6. The van der Waals surface area contributed by atoms with Crippen molar-refractivity contribution in [1.82, 2.24) is 15.1 Å². The predicted octanol–water partition coefficient (Wildman–Crippen LogP) is 1.10. The molecule has 1 aliphatic heterocycles. The molecule has 2 heterocycles. The van der Waals surface area contributed by atoms with Crippen LogP contribution in [0.3, 0.4) is 0 Å². The van der Waals surface area contributed by atoms with Crippen LogP contribution in [-0.2, 0) is 4.74 Å². The summed E-state index contributed by atoms with van der Waals surface area (Å²) in [6.45, 7) is 10.2. The van der Waals surface area contributed by atoms with Crippen molar-refractivity contribution in [2.24, 2.45) is 0 Å². The maximum Gasteiger partial charge on any atom is 0.166 e. The highest BCUT2D eigenvalue weighted by Gasteiger charge is 2.18. The van der Waals surface area contributed by atoms with Crippen molar-refractivity contribution in [3.63, 3.8) is 0 Å². The lowest BCUT2D eigenvalue weighted by Gasteiger charge is -2.32. The van der Waals surface area contributed by atoms with Gasteiger partial charge < -0.3 is 10.1 Å². The van der Waals surface area contributed by atoms with Crippen LogP contribution in [0.15, 0.2) is 0 Å². The fourth-order valence-corrected chi connectivity index (χ4v) is 2.26. The highest BCUT2D eigenvalue weighted by Crippen LogP contribution is 2.17. The molecule has 1 fully saturated rings. The Bertz CT molecular complexity index is 505. The van der Waals surface area contributed by atoms with E-state index in [0.717, 1.165) is 44.1 Å². The van der Waals surface area contributed by atoms with Gasteiger partial charge in [-0.3, -0.25) is 4.90 Å². The van der Waals surface area contributed by atoms with Gasteiger partial charge in [0.15, 0.2) is 5.82 Å². The average Bonchev–Trinajstić information content (AvgIpc) is 2.49. The monoisotopic (exact) mass is 275 g/mol. The molecule has 1 aliphatic rings. The van der Waals surface area contributed by atoms with E-state index in [-0.39, 0.29) is 0 Å². The molecule has 1 unspecified atom stereocenters. The molecule has 0 spiro atoms. The van der Waals surface area contributed by atoms with Crippen molar-refractivity contribution >= 4 is 5.82 Å². The van der Waals surface area contributed by atoms with Gasteiger partial charge in [-0.25, -0.2) is 0 Å². The molecule has 0 radical (unpaired) electrons. The first-order chi connectivity index (χ1) is 9.63. The van der Waals surface area contributed by atoms with Gasteiger partial charge in [0.05, 0.1) is 18.9 Å². The number of anilines is 1. The summed E-state index contributed by atoms with van der Waals surface area (Å²) in [6.07, 6.45) is 0. The molecular formula is C14H21N5O. The third-order valence-electron chi connectivity index (χ3n) is 3.80. The molecule has 20 heavy (non-hydrogen) atoms. The quantitative estimate of drug-likeness (QED) is 0.887. The minimum absolute atomic E-state index is 0.369. The lowest BCUT2D eigenvalue weighted by atomic mass is 10.1. The number of rotatable bonds is 4. The summed E-state index contributed by atoms with van der Waals surface area (Å²) in [5.41, 5.74) is 2.28. The molecule has 0 saturated carbocycles. The van der Waals surface area contributed by atoms with E-state index in [1.807, 2.05) is 13.8 Å². The topological polar surface area (TPSA) is 74.1 Å². The minimum Gasteiger partial charge on any atom is -0.379 e. The molecule has 1 atom stereocenters. The summed E-state index contributed by atoms with van der Waals surface area (Å²) in [6, 6.07) is 2.58. The Kier molecular flexibility index (Phi) is 4.88. The fraction of sp³-hybridized carbons (Fsp3) is 0.643. The molecule has 0 aliphatic carbocycles. The second kappa shape index (κ2) is 6.64. The van der Waals surface area contributed by atoms with Crippen LogP contribution in [0.4, 0.5) is 5.82 Å². The van der Waals surface area contributed by atoms with Crippen LogP contribution >= 0.6 is 0 Å². The predicted molar refractivity (Wildman–Crippen MR) is 76.6 cm³/mol. The number of aryl methyl sites for hydroxylation is 1. The zero-order chi connectivity index (χ0) is 14.5. The number of hydrogen-bond donors (Lipinski definition) is 1. The van der Waals surface area contributed by atoms with E-state index in [4.69, 9.17) is 4.74 Å². The van der Waals surface area contributed by atoms with Crippen molar-refractivity contribution in [2.45, 2.75) is 26.8 Å². The Balaban J connectivity index is 2.00. The molecule has 6 nitrogen and oxygen atoms in total. The maximum absolute atomic E-state index is 9.25. The van der Waals surface area contributed by atoms with E-state index in [9.17, 15) is 5.26 Å². The zero-order valence-corrected chi connectivity index (χ0v) is 12.3. The normalized spacial score (nSPS) is 17.5. The smallest absolute Gasteiger partial charge is 0.166 e. The number of nitrogens with one attached hydrogen (secondary N) is 1. The summed E-state index contributed by atoms with van der Waals surface area (Å²) in [5.74, 6) is 0.579. The highest BCUT2D eigenvalue weighted by atomic mass is 16.5. The number of nitriles is 1. The molecule has 0 amide bonds. The first-order valence-corrected chi connectivity index (χ1v) is 6.93. The van der Waals surface area contributed by atoms with Crippen molar-refractivity contribution in [3.05, 3.63) is 16.8 Å². The van der Waals surface area contributed by atoms with Gasteiger partial charge in [0.1, 0.15) is 11.6 Å². The molecule has 108 valence electrons. The Morgan fingerprint density at radius 1 is 1.35 bits per heavy atom. The molecule has 1 saturated heterocycles. The van der Waals surface area contributed by atoms with Crippen LogP contribution in [0.5, 0.6) is 0 Å². The SMILES string of the molecule is Cc1nnc(NCC(C)N2CCOCC2)c(C#N)c1C. The second-order valence-corrected chi connectivity index (χ2v) is 5.12. The number of nitrogens with zero attached hydrogens (tertiary/aromatic N) is 4. The first kappa shape index (κ1) is 14.7. The van der Waals surface area contributed by atoms with Crippen molar-refractivity contribution in [2.75, 3.05) is 38.2 Å². The van der Waals surface area contributed by atoms with Crippen LogP contribution in [0, 0.1) is 25.2 Å². The zero-order valence-electron chi connectivity index (χ0n) is 12.3. The highest BCUT2D eigenvalue weighted by molar-refractivity contribution is 5.55. The summed E-state index contributed by atoms with van der Waals surface area (Å²) in [4.78, 5) is 2.37. The van der Waals surface area contributed by atoms with Gasteiger partial charge in [0.2, 0.25) is 0 Å². The second-order valence-electron chi connectivity index (χ2n) is 5.12. The largest absolute Gasteiger partial charge is 0.379 e. The van der Waals surface area contributed by atoms with Gasteiger partial charge in [-0.15, -0.1) is 5.10 Å². The van der Waals surface area contributed by atoms with E-state index in [1.165, 1.54) is 0 Å². The molecule has 6 heteroatoms. The van der Waals surface area contributed by atoms with Crippen LogP contribution in [0.2, 0.25) is 0 Å². The van der Waals surface area contributed by atoms with Gasteiger partial charge in [0.25, 0.3) is 0 Å². The van der Waals surface area contributed by atoms with Gasteiger partial charge >= 0.3 is 0 Å². The Morgan fingerprint density at radius 2 is 2.05 bits per heavy atom. The van der Waals surface area contributed by atoms with E-state index in [0.29, 0.717) is 17.4 Å². The number of ether oxygens (including phenoxy) is 1. The van der Waals surface area contributed by atoms with E-state index < -0.39 is 0 Å². The van der Waals surface area contributed by atoms with Gasteiger partial charge in [-0.1, -0.05) is 0 Å². The molecule has 1 N–H and O–H groups in total. The Hall–Kier alpha value is -1.71. The fourth-order valence-electron chi connectivity index (χ4n) is 2.26. The van der Waals surface area contributed by atoms with Crippen LogP contribution in [0.25, 0.3) is 0 Å². The lowest BCUT2D eigenvalue weighted by Crippen LogP contribution is -2.45. The van der Waals surface area contributed by atoms with Gasteiger partial charge in [-0.05, 0) is 26.3 Å². The molecule has 2 rings (SSSR count).